The van der Waals surface area contributed by atoms with E-state index in [1.165, 1.54) is 0 Å². The Balaban J connectivity index is 4.42. The molecule has 0 amide bonds. The molecule has 2 atom stereocenters. The van der Waals surface area contributed by atoms with Crippen LogP contribution in [0.4, 0.5) is 0 Å². The lowest BCUT2D eigenvalue weighted by molar-refractivity contribution is -0.870. The minimum Gasteiger partial charge on any atom is -0.477 e. The van der Waals surface area contributed by atoms with Crippen LogP contribution < -0.4 is 0 Å². The number of carboxylic acid groups (broad SMARTS) is 1. The van der Waals surface area contributed by atoms with Gasteiger partial charge in [0.25, 0.3) is 6.29 Å². The molecule has 9 heteroatoms. The Morgan fingerprint density at radius 3 is 0.835 bits per heavy atom. The minimum atomic E-state index is -1.55. The van der Waals surface area contributed by atoms with Gasteiger partial charge in [-0.3, -0.25) is 9.59 Å². The smallest absolute Gasteiger partial charge is 0.361 e. The number of carbonyl (C=O) groups excluding carboxylic acids is 2. The summed E-state index contributed by atoms with van der Waals surface area (Å²) in [5, 5.41) is 9.74. The third-order valence-electron chi connectivity index (χ3n) is 13.1. The maximum Gasteiger partial charge on any atom is 0.361 e. The van der Waals surface area contributed by atoms with E-state index in [2.05, 4.69) is 257 Å². The molecule has 502 valence electrons. The van der Waals surface area contributed by atoms with Gasteiger partial charge in [-0.25, -0.2) is 4.79 Å². The average Bonchev–Trinajstić information content (AvgIpc) is 3.63. The van der Waals surface area contributed by atoms with Crippen molar-refractivity contribution in [1.82, 2.24) is 0 Å². The lowest BCUT2D eigenvalue weighted by Crippen LogP contribution is -2.40. The number of esters is 2. The summed E-state index contributed by atoms with van der Waals surface area (Å²) in [6.07, 6.45) is 110. The van der Waals surface area contributed by atoms with Crippen LogP contribution in [0, 0.1) is 0 Å². The SMILES string of the molecule is CC/C=C\C/C=C\C/C=C\C/C=C\C/C=C\C/C=C\C/C=C\C/C=C\C/C=C\C/C=C\CCCCC(=O)OCC(COC(OCC[N+](C)(C)C)C(=O)O)OC(=O)CCCC/C=C\C/C=C\C/C=C\C/C=C\C/C=C\C/C=C\C/C=C\C/C=C\C/C=C\C/C=C\CC. The van der Waals surface area contributed by atoms with Crippen molar-refractivity contribution in [2.24, 2.45) is 0 Å². The molecular formula is C82H122NO8+. The second kappa shape index (κ2) is 69.0. The van der Waals surface area contributed by atoms with Crippen LogP contribution in [0.3, 0.4) is 0 Å². The lowest BCUT2D eigenvalue weighted by atomic mass is 10.1. The van der Waals surface area contributed by atoms with Crippen molar-refractivity contribution in [2.45, 2.75) is 206 Å². The summed E-state index contributed by atoms with van der Waals surface area (Å²) < 4.78 is 22.8. The summed E-state index contributed by atoms with van der Waals surface area (Å²) in [7, 11) is 5.92. The largest absolute Gasteiger partial charge is 0.477 e. The van der Waals surface area contributed by atoms with Crippen molar-refractivity contribution in [3.8, 4) is 0 Å². The Labute approximate surface area is 554 Å². The number of aliphatic carboxylic acids is 1. The van der Waals surface area contributed by atoms with Crippen LogP contribution >= 0.6 is 0 Å². The lowest BCUT2D eigenvalue weighted by Gasteiger charge is -2.25. The van der Waals surface area contributed by atoms with E-state index in [1.54, 1.807) is 0 Å². The molecule has 0 aromatic carbocycles. The summed E-state index contributed by atoms with van der Waals surface area (Å²) in [5.41, 5.74) is 0. The molecule has 0 aromatic rings. The fourth-order valence-corrected chi connectivity index (χ4v) is 7.95. The van der Waals surface area contributed by atoms with Crippen LogP contribution in [0.15, 0.2) is 243 Å². The highest BCUT2D eigenvalue weighted by molar-refractivity contribution is 5.71. The van der Waals surface area contributed by atoms with Gasteiger partial charge in [0.1, 0.15) is 13.2 Å². The van der Waals surface area contributed by atoms with Crippen LogP contribution in [0.1, 0.15) is 194 Å². The standard InChI is InChI=1S/C82H121NO8/c1-6-8-10-12-14-16-18-20-22-24-26-28-30-32-34-36-38-40-42-44-46-48-50-52-54-56-58-60-62-64-66-68-70-72-79(84)89-76-78(77-90-82(81(86)87)88-75-74-83(3,4)5)91-80(85)73-71-69-67-65-63-61-59-57-55-53-51-49-47-45-43-41-39-37-35-33-31-29-27-25-23-21-19-17-15-13-11-9-7-2/h8-11,14-17,20-23,26-29,32-35,38-41,44-47,50-53,56-59,62-65,78,82H,6-7,12-13,18-19,24-25,30-31,36-37,42-43,48-49,54-55,60-61,66-77H2,1-5H3/p+1/b10-8-,11-9-,16-14-,17-15-,22-20-,23-21-,28-26-,29-27-,34-32-,35-33-,40-38-,41-39-,46-44-,47-45-,52-50-,53-51-,58-56-,59-57-,64-62-,65-63-. The van der Waals surface area contributed by atoms with Crippen molar-refractivity contribution in [1.29, 1.82) is 0 Å². The number of carboxylic acids is 1. The number of likely N-dealkylation sites (N-methyl/N-ethyl adjacent to an activating group) is 1. The van der Waals surface area contributed by atoms with Gasteiger partial charge in [0, 0.05) is 12.8 Å². The minimum absolute atomic E-state index is 0.156. The maximum atomic E-state index is 12.9. The molecule has 0 bridgehead atoms. The molecule has 0 aliphatic heterocycles. The summed E-state index contributed by atoms with van der Waals surface area (Å²) in [5.74, 6) is -2.16. The molecule has 0 saturated carbocycles. The average molecular weight is 1250 g/mol. The molecule has 0 aliphatic rings. The quantitative estimate of drug-likeness (QED) is 0.0211. The second-order valence-corrected chi connectivity index (χ2v) is 22.7. The Kier molecular flexibility index (Phi) is 63.7. The van der Waals surface area contributed by atoms with E-state index < -0.39 is 30.3 Å². The molecule has 0 spiro atoms. The van der Waals surface area contributed by atoms with E-state index in [9.17, 15) is 19.5 Å². The molecule has 0 radical (unpaired) electrons. The first-order valence-corrected chi connectivity index (χ1v) is 34.2. The number of allylic oxidation sites excluding steroid dienone is 40. The van der Waals surface area contributed by atoms with Crippen LogP contribution in [0.5, 0.6) is 0 Å². The van der Waals surface area contributed by atoms with Crippen molar-refractivity contribution >= 4 is 17.9 Å². The summed E-state index contributed by atoms with van der Waals surface area (Å²) in [4.78, 5) is 37.6. The Bertz CT molecular complexity index is 2390. The molecule has 2 unspecified atom stereocenters. The fourth-order valence-electron chi connectivity index (χ4n) is 7.95. The van der Waals surface area contributed by atoms with E-state index in [1.807, 2.05) is 21.1 Å². The third kappa shape index (κ3) is 70.4. The molecule has 0 fully saturated rings. The molecule has 0 aromatic heterocycles. The first kappa shape index (κ1) is 84.1. The van der Waals surface area contributed by atoms with Crippen molar-refractivity contribution in [3.05, 3.63) is 243 Å². The number of unbranched alkanes of at least 4 members (excludes halogenated alkanes) is 4. The van der Waals surface area contributed by atoms with Crippen LogP contribution in [0.2, 0.25) is 0 Å². The highest BCUT2D eigenvalue weighted by atomic mass is 16.7. The number of hydrogen-bond acceptors (Lipinski definition) is 7. The van der Waals surface area contributed by atoms with Crippen molar-refractivity contribution in [2.75, 3.05) is 47.5 Å². The summed E-state index contributed by atoms with van der Waals surface area (Å²) >= 11 is 0. The normalized spacial score (nSPS) is 14.3. The van der Waals surface area contributed by atoms with Gasteiger partial charge in [-0.1, -0.05) is 257 Å². The number of nitrogens with zero attached hydrogens (tertiary/aromatic N) is 1. The van der Waals surface area contributed by atoms with E-state index >= 15 is 0 Å². The van der Waals surface area contributed by atoms with Gasteiger partial charge >= 0.3 is 17.9 Å². The topological polar surface area (TPSA) is 108 Å². The van der Waals surface area contributed by atoms with Crippen LogP contribution in [-0.4, -0.2) is 87.4 Å². The van der Waals surface area contributed by atoms with Gasteiger partial charge in [-0.15, -0.1) is 0 Å². The summed E-state index contributed by atoms with van der Waals surface area (Å²) in [6, 6.07) is 0. The van der Waals surface area contributed by atoms with Gasteiger partial charge in [-0.2, -0.15) is 0 Å². The zero-order valence-electron chi connectivity index (χ0n) is 57.1. The predicted octanol–water partition coefficient (Wildman–Crippen LogP) is 21.7. The molecule has 0 aliphatic carbocycles. The maximum absolute atomic E-state index is 12.9. The van der Waals surface area contributed by atoms with E-state index in [0.717, 1.165) is 154 Å². The number of quaternary nitrogens is 1. The second-order valence-electron chi connectivity index (χ2n) is 22.7. The molecule has 91 heavy (non-hydrogen) atoms. The predicted molar refractivity (Wildman–Crippen MR) is 390 cm³/mol. The monoisotopic (exact) mass is 1250 g/mol. The van der Waals surface area contributed by atoms with Gasteiger partial charge in [0.05, 0.1) is 34.4 Å². The number of carbonyl (C=O) groups is 3. The van der Waals surface area contributed by atoms with Gasteiger partial charge in [0.15, 0.2) is 6.10 Å². The van der Waals surface area contributed by atoms with Gasteiger partial charge in [0.2, 0.25) is 0 Å². The van der Waals surface area contributed by atoms with Crippen LogP contribution in [0.25, 0.3) is 0 Å². The van der Waals surface area contributed by atoms with Crippen molar-refractivity contribution < 1.29 is 42.9 Å². The third-order valence-corrected chi connectivity index (χ3v) is 13.1. The van der Waals surface area contributed by atoms with Gasteiger partial charge < -0.3 is 28.5 Å². The first-order chi connectivity index (χ1) is 44.6. The number of ether oxygens (including phenoxy) is 4. The van der Waals surface area contributed by atoms with E-state index in [-0.39, 0.29) is 32.7 Å². The van der Waals surface area contributed by atoms with Gasteiger partial charge in [-0.05, 0) is 167 Å². The van der Waals surface area contributed by atoms with E-state index in [0.29, 0.717) is 23.9 Å². The van der Waals surface area contributed by atoms with E-state index in [4.69, 9.17) is 18.9 Å². The number of hydrogen-bond donors (Lipinski definition) is 1. The molecule has 0 saturated heterocycles. The zero-order valence-corrected chi connectivity index (χ0v) is 57.1. The van der Waals surface area contributed by atoms with Crippen LogP contribution in [-0.2, 0) is 33.3 Å². The Morgan fingerprint density at radius 2 is 0.582 bits per heavy atom. The fraction of sp³-hybridized carbons (Fsp3) is 0.476. The highest BCUT2D eigenvalue weighted by Gasteiger charge is 2.25. The Morgan fingerprint density at radius 1 is 0.330 bits per heavy atom. The zero-order chi connectivity index (χ0) is 66.1. The Hall–Kier alpha value is -6.91. The molecule has 0 rings (SSSR count). The molecule has 9 nitrogen and oxygen atoms in total. The highest BCUT2D eigenvalue weighted by Crippen LogP contribution is 2.11. The molecular weight excluding hydrogens is 1130 g/mol. The van der Waals surface area contributed by atoms with Crippen molar-refractivity contribution in [3.63, 3.8) is 0 Å². The molecule has 0 heterocycles. The summed E-state index contributed by atoms with van der Waals surface area (Å²) in [6.45, 7) is 4.50. The molecule has 1 N–H and O–H groups in total. The first-order valence-electron chi connectivity index (χ1n) is 34.2. The number of rotatable bonds is 59.